The molecule has 1 N–H and O–H groups in total. The van der Waals surface area contributed by atoms with Crippen LogP contribution in [0, 0.1) is 24.6 Å². The Balaban J connectivity index is 1.60. The van der Waals surface area contributed by atoms with Gasteiger partial charge < -0.3 is 15.1 Å². The van der Waals surface area contributed by atoms with Crippen LogP contribution in [0.2, 0.25) is 0 Å². The maximum atomic E-state index is 13.9. The van der Waals surface area contributed by atoms with Crippen molar-refractivity contribution in [1.82, 2.24) is 15.1 Å². The Morgan fingerprint density at radius 2 is 1.66 bits per heavy atom. The highest BCUT2D eigenvalue weighted by molar-refractivity contribution is 5.82. The Kier molecular flexibility index (Phi) is 9.01. The van der Waals surface area contributed by atoms with Crippen molar-refractivity contribution in [2.75, 3.05) is 33.2 Å². The summed E-state index contributed by atoms with van der Waals surface area (Å²) in [6.45, 7) is 3.06. The molecule has 0 radical (unpaired) electrons. The molecule has 2 aliphatic heterocycles. The van der Waals surface area contributed by atoms with E-state index in [0.29, 0.717) is 29.8 Å². The highest BCUT2D eigenvalue weighted by Crippen LogP contribution is 2.38. The van der Waals surface area contributed by atoms with Crippen LogP contribution in [-0.2, 0) is 28.5 Å². The summed E-state index contributed by atoms with van der Waals surface area (Å²) in [5, 5.41) is 3.21. The van der Waals surface area contributed by atoms with Crippen LogP contribution in [-0.4, -0.2) is 54.8 Å². The van der Waals surface area contributed by atoms with E-state index in [1.54, 1.807) is 17.9 Å². The van der Waals surface area contributed by atoms with E-state index < -0.39 is 53.6 Å². The molecule has 0 saturated carbocycles. The number of alkyl halides is 6. The summed E-state index contributed by atoms with van der Waals surface area (Å²) < 4.78 is 94.0. The van der Waals surface area contributed by atoms with Crippen LogP contribution >= 0.6 is 0 Å². The molecule has 0 aliphatic carbocycles. The molecule has 2 saturated heterocycles. The number of hydrogen-bond acceptors (Lipinski definition) is 3. The fourth-order valence-corrected chi connectivity index (χ4v) is 5.88. The van der Waals surface area contributed by atoms with Crippen molar-refractivity contribution in [3.63, 3.8) is 0 Å². The summed E-state index contributed by atoms with van der Waals surface area (Å²) in [5.41, 5.74) is -1.97. The normalized spacial score (nSPS) is 22.0. The van der Waals surface area contributed by atoms with E-state index in [4.69, 9.17) is 0 Å². The van der Waals surface area contributed by atoms with Crippen molar-refractivity contribution < 1.29 is 40.3 Å². The van der Waals surface area contributed by atoms with Crippen LogP contribution in [0.3, 0.4) is 0 Å². The van der Waals surface area contributed by atoms with Gasteiger partial charge in [0.2, 0.25) is 11.8 Å². The van der Waals surface area contributed by atoms with E-state index in [9.17, 15) is 40.3 Å². The van der Waals surface area contributed by atoms with E-state index in [1.165, 1.54) is 19.2 Å². The summed E-state index contributed by atoms with van der Waals surface area (Å²) >= 11 is 0. The van der Waals surface area contributed by atoms with Crippen molar-refractivity contribution in [1.29, 1.82) is 0 Å². The van der Waals surface area contributed by atoms with Crippen molar-refractivity contribution in [2.45, 2.75) is 51.0 Å². The largest absolute Gasteiger partial charge is 0.416 e. The lowest BCUT2D eigenvalue weighted by Gasteiger charge is -2.41. The Labute approximate surface area is 233 Å². The third-order valence-electron chi connectivity index (χ3n) is 7.96. The molecule has 1 unspecified atom stereocenters. The standard InChI is InChI=1S/C29H32F7N3O2/c1-17-10-22(30)5-6-23(17)25-16-39(26(40)19-4-3-8-37-14-19)9-7-24(25)27(41)38(2)15-18-11-20(28(31,32)33)13-21(12-18)29(34,35)36/h5-6,10-13,19,24-25,37H,3-4,7-9,14-16H2,1-2H3/t19?,24-,25+/m1/s1. The molecular formula is C29H32F7N3O2. The number of amides is 2. The minimum atomic E-state index is -5.00. The SMILES string of the molecule is Cc1cc(F)ccc1[C@@H]1CN(C(=O)C2CCCNC2)CC[C@H]1C(=O)N(C)Cc1cc(C(F)(F)F)cc(C(F)(F)F)c1. The van der Waals surface area contributed by atoms with Gasteiger partial charge in [-0.15, -0.1) is 0 Å². The summed E-state index contributed by atoms with van der Waals surface area (Å²) in [5.74, 6) is -2.43. The van der Waals surface area contributed by atoms with Crippen molar-refractivity contribution in [2.24, 2.45) is 11.8 Å². The Bertz CT molecular complexity index is 1240. The smallest absolute Gasteiger partial charge is 0.342 e. The maximum Gasteiger partial charge on any atom is 0.416 e. The molecule has 2 fully saturated rings. The van der Waals surface area contributed by atoms with Crippen molar-refractivity contribution >= 4 is 11.8 Å². The molecule has 5 nitrogen and oxygen atoms in total. The molecule has 4 rings (SSSR count). The maximum absolute atomic E-state index is 13.9. The van der Waals surface area contributed by atoms with Gasteiger partial charge in [-0.1, -0.05) is 6.07 Å². The molecule has 224 valence electrons. The number of hydrogen-bond donors (Lipinski definition) is 1. The van der Waals surface area contributed by atoms with Gasteiger partial charge in [-0.2, -0.15) is 26.3 Å². The van der Waals surface area contributed by atoms with Crippen LogP contribution in [0.25, 0.3) is 0 Å². The van der Waals surface area contributed by atoms with Crippen LogP contribution < -0.4 is 5.32 Å². The van der Waals surface area contributed by atoms with Gasteiger partial charge in [0.25, 0.3) is 0 Å². The molecule has 0 bridgehead atoms. The first-order valence-electron chi connectivity index (χ1n) is 13.4. The van der Waals surface area contributed by atoms with E-state index in [2.05, 4.69) is 5.32 Å². The Hall–Kier alpha value is -3.15. The monoisotopic (exact) mass is 587 g/mol. The number of halogens is 7. The van der Waals surface area contributed by atoms with E-state index in [0.717, 1.165) is 24.3 Å². The lowest BCUT2D eigenvalue weighted by molar-refractivity contribution is -0.144. The number of nitrogens with one attached hydrogen (secondary N) is 1. The first-order chi connectivity index (χ1) is 19.1. The summed E-state index contributed by atoms with van der Waals surface area (Å²) in [6.07, 6.45) is -8.16. The number of carbonyl (C=O) groups is 2. The first-order valence-corrected chi connectivity index (χ1v) is 13.4. The lowest BCUT2D eigenvalue weighted by atomic mass is 9.78. The number of rotatable bonds is 5. The molecule has 2 aromatic rings. The summed E-state index contributed by atoms with van der Waals surface area (Å²) in [4.78, 5) is 29.8. The molecule has 2 heterocycles. The summed E-state index contributed by atoms with van der Waals surface area (Å²) in [7, 11) is 1.33. The lowest BCUT2D eigenvalue weighted by Crippen LogP contribution is -2.51. The van der Waals surface area contributed by atoms with Crippen LogP contribution in [0.4, 0.5) is 30.7 Å². The number of aryl methyl sites for hydroxylation is 1. The quantitative estimate of drug-likeness (QED) is 0.453. The van der Waals surface area contributed by atoms with Gasteiger partial charge in [0, 0.05) is 45.1 Å². The third-order valence-corrected chi connectivity index (χ3v) is 7.96. The van der Waals surface area contributed by atoms with Gasteiger partial charge in [0.15, 0.2) is 0 Å². The molecule has 3 atom stereocenters. The Morgan fingerprint density at radius 3 is 2.22 bits per heavy atom. The van der Waals surface area contributed by atoms with Crippen LogP contribution in [0.5, 0.6) is 0 Å². The van der Waals surface area contributed by atoms with Gasteiger partial charge in [-0.25, -0.2) is 4.39 Å². The highest BCUT2D eigenvalue weighted by atomic mass is 19.4. The van der Waals surface area contributed by atoms with Gasteiger partial charge in [-0.05, 0) is 79.8 Å². The van der Waals surface area contributed by atoms with Crippen LogP contribution in [0.15, 0.2) is 36.4 Å². The number of piperidine rings is 2. The number of benzene rings is 2. The number of nitrogens with zero attached hydrogens (tertiary/aromatic N) is 2. The molecule has 0 spiro atoms. The van der Waals surface area contributed by atoms with Crippen molar-refractivity contribution in [3.8, 4) is 0 Å². The van der Waals surface area contributed by atoms with Crippen molar-refractivity contribution in [3.05, 3.63) is 70.0 Å². The third kappa shape index (κ3) is 7.20. The topological polar surface area (TPSA) is 52.7 Å². The second-order valence-electron chi connectivity index (χ2n) is 10.9. The average molecular weight is 588 g/mol. The molecule has 41 heavy (non-hydrogen) atoms. The first kappa shape index (κ1) is 30.8. The fraction of sp³-hybridized carbons (Fsp3) is 0.517. The molecular weight excluding hydrogens is 555 g/mol. The number of carbonyl (C=O) groups excluding carboxylic acids is 2. The highest BCUT2D eigenvalue weighted by Gasteiger charge is 2.41. The second kappa shape index (κ2) is 12.0. The minimum absolute atomic E-state index is 0.0372. The zero-order valence-corrected chi connectivity index (χ0v) is 22.7. The summed E-state index contributed by atoms with van der Waals surface area (Å²) in [6, 6.07) is 5.43. The molecule has 0 aromatic heterocycles. The van der Waals surface area contributed by atoms with Gasteiger partial charge in [0.1, 0.15) is 5.82 Å². The molecule has 12 heteroatoms. The molecule has 2 amide bonds. The van der Waals surface area contributed by atoms with Gasteiger partial charge >= 0.3 is 12.4 Å². The average Bonchev–Trinajstić information content (AvgIpc) is 2.91. The predicted octanol–water partition coefficient (Wildman–Crippen LogP) is 5.76. The zero-order valence-electron chi connectivity index (χ0n) is 22.7. The van der Waals surface area contributed by atoms with E-state index >= 15 is 0 Å². The molecule has 2 aromatic carbocycles. The van der Waals surface area contributed by atoms with E-state index in [-0.39, 0.29) is 43.0 Å². The zero-order chi connectivity index (χ0) is 30.1. The van der Waals surface area contributed by atoms with Gasteiger partial charge in [0.05, 0.1) is 17.0 Å². The fourth-order valence-electron chi connectivity index (χ4n) is 5.88. The Morgan fingerprint density at radius 1 is 1.00 bits per heavy atom. The molecule has 2 aliphatic rings. The number of likely N-dealkylation sites (tertiary alicyclic amines) is 1. The minimum Gasteiger partial charge on any atom is -0.342 e. The van der Waals surface area contributed by atoms with Gasteiger partial charge in [-0.3, -0.25) is 9.59 Å². The second-order valence-corrected chi connectivity index (χ2v) is 10.9. The van der Waals surface area contributed by atoms with Crippen LogP contribution in [0.1, 0.15) is 53.0 Å². The van der Waals surface area contributed by atoms with E-state index in [1.807, 2.05) is 0 Å². The predicted molar refractivity (Wildman–Crippen MR) is 137 cm³/mol.